The predicted octanol–water partition coefficient (Wildman–Crippen LogP) is 2.41. The van der Waals surface area contributed by atoms with Crippen LogP contribution in [0, 0.1) is 16.0 Å². The maximum atomic E-state index is 11.2. The van der Waals surface area contributed by atoms with E-state index in [4.69, 9.17) is 4.74 Å². The first kappa shape index (κ1) is 15.1. The van der Waals surface area contributed by atoms with Crippen LogP contribution in [0.4, 0.5) is 11.5 Å². The molecule has 0 aliphatic heterocycles. The van der Waals surface area contributed by atoms with Crippen molar-refractivity contribution < 1.29 is 9.66 Å². The molecule has 0 aliphatic carbocycles. The highest BCUT2D eigenvalue weighted by Gasteiger charge is 2.25. The van der Waals surface area contributed by atoms with Crippen LogP contribution in [0.5, 0.6) is 5.88 Å². The van der Waals surface area contributed by atoms with E-state index in [0.717, 1.165) is 0 Å². The first-order valence-electron chi connectivity index (χ1n) is 6.41. The van der Waals surface area contributed by atoms with Gasteiger partial charge >= 0.3 is 5.69 Å². The first-order chi connectivity index (χ1) is 8.99. The molecule has 0 saturated heterocycles. The summed E-state index contributed by atoms with van der Waals surface area (Å²) in [6.07, 6.45) is 0.592. The van der Waals surface area contributed by atoms with Crippen molar-refractivity contribution in [3.8, 4) is 5.88 Å². The Morgan fingerprint density at radius 2 is 2.05 bits per heavy atom. The Kier molecular flexibility index (Phi) is 5.47. The molecule has 0 saturated carbocycles. The summed E-state index contributed by atoms with van der Waals surface area (Å²) in [7, 11) is 0. The Morgan fingerprint density at radius 1 is 1.37 bits per heavy atom. The zero-order valence-corrected chi connectivity index (χ0v) is 11.8. The van der Waals surface area contributed by atoms with Gasteiger partial charge in [-0.05, 0) is 12.8 Å². The molecular weight excluding hydrogens is 248 g/mol. The number of hydrogen-bond donors (Lipinski definition) is 1. The number of rotatable bonds is 7. The van der Waals surface area contributed by atoms with Gasteiger partial charge in [0.1, 0.15) is 5.82 Å². The quantitative estimate of drug-likeness (QED) is 0.603. The Bertz CT molecular complexity index is 449. The van der Waals surface area contributed by atoms with Crippen LogP contribution < -0.4 is 10.1 Å². The number of aromatic nitrogens is 2. The highest BCUT2D eigenvalue weighted by Crippen LogP contribution is 2.32. The van der Waals surface area contributed by atoms with Gasteiger partial charge in [0.15, 0.2) is 0 Å². The van der Waals surface area contributed by atoms with E-state index in [1.807, 2.05) is 27.7 Å². The molecule has 0 fully saturated rings. The number of nitro groups is 1. The van der Waals surface area contributed by atoms with Gasteiger partial charge in [-0.2, -0.15) is 4.98 Å². The molecule has 1 N–H and O–H groups in total. The van der Waals surface area contributed by atoms with Crippen molar-refractivity contribution in [3.05, 3.63) is 15.9 Å². The van der Waals surface area contributed by atoms with Gasteiger partial charge in [0, 0.05) is 13.0 Å². The minimum atomic E-state index is -0.507. The predicted molar refractivity (Wildman–Crippen MR) is 72.6 cm³/mol. The van der Waals surface area contributed by atoms with Crippen molar-refractivity contribution in [1.29, 1.82) is 0 Å². The van der Waals surface area contributed by atoms with Crippen molar-refractivity contribution in [2.45, 2.75) is 34.1 Å². The zero-order chi connectivity index (χ0) is 14.4. The Hall–Kier alpha value is -1.92. The van der Waals surface area contributed by atoms with E-state index in [9.17, 15) is 10.1 Å². The van der Waals surface area contributed by atoms with E-state index in [2.05, 4.69) is 15.3 Å². The molecular formula is C12H20N4O3. The van der Waals surface area contributed by atoms with E-state index in [1.54, 1.807) is 0 Å². The summed E-state index contributed by atoms with van der Waals surface area (Å²) < 4.78 is 5.46. The van der Waals surface area contributed by atoms with Gasteiger partial charge in [-0.15, -0.1) is 0 Å². The van der Waals surface area contributed by atoms with Crippen LogP contribution >= 0.6 is 0 Å². The van der Waals surface area contributed by atoms with E-state index < -0.39 is 4.92 Å². The second-order valence-electron chi connectivity index (χ2n) is 4.49. The lowest BCUT2D eigenvalue weighted by molar-refractivity contribution is -0.385. The molecule has 0 radical (unpaired) electrons. The van der Waals surface area contributed by atoms with Gasteiger partial charge in [-0.3, -0.25) is 10.1 Å². The van der Waals surface area contributed by atoms with E-state index in [1.165, 1.54) is 0 Å². The molecule has 19 heavy (non-hydrogen) atoms. The summed E-state index contributed by atoms with van der Waals surface area (Å²) in [6, 6.07) is 0. The molecule has 1 heterocycles. The number of anilines is 1. The zero-order valence-electron chi connectivity index (χ0n) is 11.8. The molecule has 0 unspecified atom stereocenters. The Balaban J connectivity index is 3.22. The second kappa shape index (κ2) is 6.86. The fraction of sp³-hybridized carbons (Fsp3) is 0.667. The highest BCUT2D eigenvalue weighted by molar-refractivity contribution is 5.61. The van der Waals surface area contributed by atoms with Gasteiger partial charge in [-0.25, -0.2) is 4.98 Å². The molecule has 7 heteroatoms. The molecule has 1 aromatic rings. The third-order valence-electron chi connectivity index (χ3n) is 2.29. The highest BCUT2D eigenvalue weighted by atomic mass is 16.6. The van der Waals surface area contributed by atoms with Crippen molar-refractivity contribution in [3.63, 3.8) is 0 Å². The van der Waals surface area contributed by atoms with Gasteiger partial charge in [0.05, 0.1) is 11.5 Å². The van der Waals surface area contributed by atoms with Crippen LogP contribution in [0.2, 0.25) is 0 Å². The van der Waals surface area contributed by atoms with Crippen molar-refractivity contribution in [2.24, 2.45) is 5.92 Å². The monoisotopic (exact) mass is 268 g/mol. The van der Waals surface area contributed by atoms with Crippen LogP contribution in [-0.4, -0.2) is 28.0 Å². The number of ether oxygens (including phenoxy) is 1. The van der Waals surface area contributed by atoms with Crippen LogP contribution in [0.3, 0.4) is 0 Å². The van der Waals surface area contributed by atoms with Gasteiger partial charge in [0.25, 0.3) is 5.88 Å². The Labute approximate surface area is 112 Å². The SMILES string of the molecule is CCNc1nc(CC)nc(OCC(C)C)c1[N+](=O)[O-]. The number of aryl methyl sites for hydroxylation is 1. The van der Waals surface area contributed by atoms with E-state index in [-0.39, 0.29) is 23.3 Å². The van der Waals surface area contributed by atoms with E-state index >= 15 is 0 Å². The number of hydrogen-bond acceptors (Lipinski definition) is 6. The summed E-state index contributed by atoms with van der Waals surface area (Å²) in [4.78, 5) is 18.9. The minimum Gasteiger partial charge on any atom is -0.472 e. The van der Waals surface area contributed by atoms with Crippen LogP contribution in [0.15, 0.2) is 0 Å². The third kappa shape index (κ3) is 4.04. The normalized spacial score (nSPS) is 10.6. The minimum absolute atomic E-state index is 0.0431. The van der Waals surface area contributed by atoms with Crippen LogP contribution in [0.25, 0.3) is 0 Å². The molecule has 0 aromatic carbocycles. The molecule has 0 atom stereocenters. The number of nitrogens with zero attached hydrogens (tertiary/aromatic N) is 3. The first-order valence-corrected chi connectivity index (χ1v) is 6.41. The van der Waals surface area contributed by atoms with Crippen LogP contribution in [0.1, 0.15) is 33.5 Å². The topological polar surface area (TPSA) is 90.2 Å². The molecule has 0 bridgehead atoms. The van der Waals surface area contributed by atoms with Crippen molar-refractivity contribution >= 4 is 11.5 Å². The van der Waals surface area contributed by atoms with Crippen molar-refractivity contribution in [2.75, 3.05) is 18.5 Å². The van der Waals surface area contributed by atoms with Gasteiger partial charge in [0.2, 0.25) is 5.82 Å². The Morgan fingerprint density at radius 3 is 2.53 bits per heavy atom. The molecule has 0 aliphatic rings. The molecule has 0 spiro atoms. The lowest BCUT2D eigenvalue weighted by Crippen LogP contribution is -2.12. The average Bonchev–Trinajstić information content (AvgIpc) is 2.35. The van der Waals surface area contributed by atoms with Gasteiger partial charge < -0.3 is 10.1 Å². The van der Waals surface area contributed by atoms with Crippen LogP contribution in [-0.2, 0) is 6.42 Å². The number of nitrogens with one attached hydrogen (secondary N) is 1. The summed E-state index contributed by atoms with van der Waals surface area (Å²) in [5.74, 6) is 1.06. The summed E-state index contributed by atoms with van der Waals surface area (Å²) in [5.41, 5.74) is -0.195. The third-order valence-corrected chi connectivity index (χ3v) is 2.29. The maximum Gasteiger partial charge on any atom is 0.372 e. The second-order valence-corrected chi connectivity index (χ2v) is 4.49. The fourth-order valence-electron chi connectivity index (χ4n) is 1.44. The average molecular weight is 268 g/mol. The summed E-state index contributed by atoms with van der Waals surface area (Å²) in [6.45, 7) is 8.62. The standard InChI is InChI=1S/C12H20N4O3/c1-5-9-14-11(13-6-2)10(16(17)18)12(15-9)19-7-8(3)4/h8H,5-7H2,1-4H3,(H,13,14,15). The maximum absolute atomic E-state index is 11.2. The lowest BCUT2D eigenvalue weighted by atomic mass is 10.2. The summed E-state index contributed by atoms with van der Waals surface area (Å²) >= 11 is 0. The summed E-state index contributed by atoms with van der Waals surface area (Å²) in [5, 5.41) is 14.1. The lowest BCUT2D eigenvalue weighted by Gasteiger charge is -2.11. The molecule has 7 nitrogen and oxygen atoms in total. The van der Waals surface area contributed by atoms with E-state index in [0.29, 0.717) is 25.4 Å². The largest absolute Gasteiger partial charge is 0.472 e. The molecule has 1 aromatic heterocycles. The molecule has 1 rings (SSSR count). The van der Waals surface area contributed by atoms with Gasteiger partial charge in [-0.1, -0.05) is 20.8 Å². The molecule has 106 valence electrons. The van der Waals surface area contributed by atoms with Crippen molar-refractivity contribution in [1.82, 2.24) is 9.97 Å². The fourth-order valence-corrected chi connectivity index (χ4v) is 1.44. The molecule has 0 amide bonds. The smallest absolute Gasteiger partial charge is 0.372 e.